The van der Waals surface area contributed by atoms with E-state index in [1.165, 1.54) is 0 Å². The molecule has 4 heteroatoms. The molecule has 0 aliphatic heterocycles. The van der Waals surface area contributed by atoms with Crippen LogP contribution >= 0.6 is 0 Å². The maximum Gasteiger partial charge on any atom is 0.236 e. The molecular weight excluding hydrogens is 190 g/mol. The lowest BCUT2D eigenvalue weighted by molar-refractivity contribution is -0.128. The number of amides is 1. The number of aromatic amines is 1. The van der Waals surface area contributed by atoms with Crippen LogP contribution in [0.1, 0.15) is 12.6 Å². The first kappa shape index (κ1) is 11.8. The minimum atomic E-state index is 0.142. The lowest BCUT2D eigenvalue weighted by atomic mass is 10.3. The monoisotopic (exact) mass is 209 g/mol. The number of nitrogens with one attached hydrogen (secondary N) is 2. The number of nitrogens with zero attached hydrogens (tertiary/aromatic N) is 1. The third kappa shape index (κ3) is 4.16. The molecule has 2 N–H and O–H groups in total. The van der Waals surface area contributed by atoms with Crippen molar-refractivity contribution in [1.29, 1.82) is 0 Å². The number of hydrogen-bond acceptors (Lipinski definition) is 2. The van der Waals surface area contributed by atoms with E-state index in [0.717, 1.165) is 25.2 Å². The molecule has 1 heterocycles. The second-order valence-electron chi connectivity index (χ2n) is 3.54. The number of carbonyl (C=O) groups is 1. The van der Waals surface area contributed by atoms with E-state index in [1.807, 2.05) is 32.3 Å². The zero-order valence-electron chi connectivity index (χ0n) is 9.42. The summed E-state index contributed by atoms with van der Waals surface area (Å²) < 4.78 is 0. The average molecular weight is 209 g/mol. The molecule has 0 spiro atoms. The number of aromatic nitrogens is 1. The summed E-state index contributed by atoms with van der Waals surface area (Å²) in [5.41, 5.74) is 1.16. The second-order valence-corrected chi connectivity index (χ2v) is 3.54. The Bertz CT molecular complexity index is 282. The standard InChI is InChI=1S/C11H19N3O/c1-3-12-9-11(15)14(2)8-6-10-5-4-7-13-10/h4-5,7,12-13H,3,6,8-9H2,1-2H3. The third-order valence-corrected chi connectivity index (χ3v) is 2.33. The molecule has 0 unspecified atom stereocenters. The van der Waals surface area contributed by atoms with Gasteiger partial charge in [-0.05, 0) is 18.7 Å². The van der Waals surface area contributed by atoms with Gasteiger partial charge in [0.1, 0.15) is 0 Å². The van der Waals surface area contributed by atoms with E-state index in [2.05, 4.69) is 10.3 Å². The Morgan fingerprint density at radius 2 is 2.40 bits per heavy atom. The van der Waals surface area contributed by atoms with Gasteiger partial charge in [0.25, 0.3) is 0 Å². The molecule has 0 fully saturated rings. The van der Waals surface area contributed by atoms with E-state index in [1.54, 1.807) is 4.90 Å². The molecule has 0 bridgehead atoms. The number of likely N-dealkylation sites (N-methyl/N-ethyl adjacent to an activating group) is 2. The minimum absolute atomic E-state index is 0.142. The summed E-state index contributed by atoms with van der Waals surface area (Å²) in [6, 6.07) is 4.00. The van der Waals surface area contributed by atoms with Gasteiger partial charge in [0.05, 0.1) is 6.54 Å². The number of carbonyl (C=O) groups excluding carboxylic acids is 1. The Morgan fingerprint density at radius 1 is 1.60 bits per heavy atom. The van der Waals surface area contributed by atoms with Crippen LogP contribution in [0.4, 0.5) is 0 Å². The first-order valence-corrected chi connectivity index (χ1v) is 5.31. The Labute approximate surface area is 90.7 Å². The molecule has 0 radical (unpaired) electrons. The molecular formula is C11H19N3O. The lowest BCUT2D eigenvalue weighted by Gasteiger charge is -2.16. The van der Waals surface area contributed by atoms with E-state index < -0.39 is 0 Å². The molecule has 0 aromatic carbocycles. The molecule has 1 amide bonds. The van der Waals surface area contributed by atoms with Gasteiger partial charge in [0.15, 0.2) is 0 Å². The van der Waals surface area contributed by atoms with Crippen molar-refractivity contribution in [1.82, 2.24) is 15.2 Å². The second kappa shape index (κ2) is 6.24. The molecule has 84 valence electrons. The van der Waals surface area contributed by atoms with Crippen molar-refractivity contribution in [2.45, 2.75) is 13.3 Å². The molecule has 0 saturated carbocycles. The Kier molecular flexibility index (Phi) is 4.90. The largest absolute Gasteiger partial charge is 0.365 e. The highest BCUT2D eigenvalue weighted by molar-refractivity contribution is 5.77. The van der Waals surface area contributed by atoms with Crippen LogP contribution in [0.5, 0.6) is 0 Å². The van der Waals surface area contributed by atoms with Crippen molar-refractivity contribution in [2.24, 2.45) is 0 Å². The predicted molar refractivity (Wildman–Crippen MR) is 60.7 cm³/mol. The van der Waals surface area contributed by atoms with Crippen molar-refractivity contribution in [3.8, 4) is 0 Å². The van der Waals surface area contributed by atoms with Gasteiger partial charge < -0.3 is 15.2 Å². The molecule has 0 saturated heterocycles. The van der Waals surface area contributed by atoms with Crippen LogP contribution in [0.2, 0.25) is 0 Å². The molecule has 0 atom stereocenters. The van der Waals surface area contributed by atoms with Crippen LogP contribution in [0.15, 0.2) is 18.3 Å². The van der Waals surface area contributed by atoms with Crippen molar-refractivity contribution >= 4 is 5.91 Å². The fourth-order valence-corrected chi connectivity index (χ4v) is 1.30. The van der Waals surface area contributed by atoms with E-state index >= 15 is 0 Å². The van der Waals surface area contributed by atoms with Crippen LogP contribution < -0.4 is 5.32 Å². The van der Waals surface area contributed by atoms with Crippen LogP contribution in [0.3, 0.4) is 0 Å². The lowest BCUT2D eigenvalue weighted by Crippen LogP contribution is -2.36. The summed E-state index contributed by atoms with van der Waals surface area (Å²) in [6.45, 7) is 4.00. The van der Waals surface area contributed by atoms with Crippen LogP contribution in [0, 0.1) is 0 Å². The molecule has 1 aromatic heterocycles. The van der Waals surface area contributed by atoms with Crippen molar-refractivity contribution in [3.05, 3.63) is 24.0 Å². The normalized spacial score (nSPS) is 10.3. The predicted octanol–water partition coefficient (Wildman–Crippen LogP) is 0.625. The van der Waals surface area contributed by atoms with E-state index in [-0.39, 0.29) is 5.91 Å². The van der Waals surface area contributed by atoms with Crippen LogP contribution in [-0.4, -0.2) is 42.5 Å². The summed E-state index contributed by atoms with van der Waals surface area (Å²) in [5, 5.41) is 3.02. The third-order valence-electron chi connectivity index (χ3n) is 2.33. The molecule has 4 nitrogen and oxygen atoms in total. The first-order valence-electron chi connectivity index (χ1n) is 5.31. The molecule has 15 heavy (non-hydrogen) atoms. The molecule has 1 aromatic rings. The maximum absolute atomic E-state index is 11.5. The zero-order chi connectivity index (χ0) is 11.1. The van der Waals surface area contributed by atoms with Gasteiger partial charge in [-0.2, -0.15) is 0 Å². The summed E-state index contributed by atoms with van der Waals surface area (Å²) >= 11 is 0. The highest BCUT2D eigenvalue weighted by atomic mass is 16.2. The molecule has 0 aliphatic carbocycles. The van der Waals surface area contributed by atoms with Crippen LogP contribution in [-0.2, 0) is 11.2 Å². The van der Waals surface area contributed by atoms with Gasteiger partial charge >= 0.3 is 0 Å². The van der Waals surface area contributed by atoms with Crippen molar-refractivity contribution < 1.29 is 4.79 Å². The summed E-state index contributed by atoms with van der Waals surface area (Å²) in [4.78, 5) is 16.4. The minimum Gasteiger partial charge on any atom is -0.365 e. The topological polar surface area (TPSA) is 48.1 Å². The van der Waals surface area contributed by atoms with Crippen molar-refractivity contribution in [3.63, 3.8) is 0 Å². The Morgan fingerprint density at radius 3 is 3.00 bits per heavy atom. The maximum atomic E-state index is 11.5. The SMILES string of the molecule is CCNCC(=O)N(C)CCc1ccc[nH]1. The van der Waals surface area contributed by atoms with Gasteiger partial charge in [-0.3, -0.25) is 4.79 Å². The summed E-state index contributed by atoms with van der Waals surface area (Å²) in [7, 11) is 1.84. The highest BCUT2D eigenvalue weighted by Gasteiger charge is 2.07. The Hall–Kier alpha value is -1.29. The molecule has 0 aliphatic rings. The summed E-state index contributed by atoms with van der Waals surface area (Å²) in [5.74, 6) is 0.142. The number of H-pyrrole nitrogens is 1. The zero-order valence-corrected chi connectivity index (χ0v) is 9.42. The first-order chi connectivity index (χ1) is 7.24. The fourth-order valence-electron chi connectivity index (χ4n) is 1.30. The fraction of sp³-hybridized carbons (Fsp3) is 0.545. The quantitative estimate of drug-likeness (QED) is 0.721. The van der Waals surface area contributed by atoms with E-state index in [0.29, 0.717) is 6.54 Å². The van der Waals surface area contributed by atoms with E-state index in [9.17, 15) is 4.79 Å². The Balaban J connectivity index is 2.23. The van der Waals surface area contributed by atoms with E-state index in [4.69, 9.17) is 0 Å². The molecule has 1 rings (SSSR count). The summed E-state index contributed by atoms with van der Waals surface area (Å²) in [6.07, 6.45) is 2.77. The van der Waals surface area contributed by atoms with Gasteiger partial charge in [-0.15, -0.1) is 0 Å². The van der Waals surface area contributed by atoms with Gasteiger partial charge in [-0.1, -0.05) is 6.92 Å². The number of hydrogen-bond donors (Lipinski definition) is 2. The number of rotatable bonds is 6. The van der Waals surface area contributed by atoms with Gasteiger partial charge in [0, 0.05) is 31.9 Å². The van der Waals surface area contributed by atoms with Gasteiger partial charge in [0.2, 0.25) is 5.91 Å². The average Bonchev–Trinajstić information content (AvgIpc) is 2.75. The van der Waals surface area contributed by atoms with Crippen molar-refractivity contribution in [2.75, 3.05) is 26.7 Å². The van der Waals surface area contributed by atoms with Crippen LogP contribution in [0.25, 0.3) is 0 Å². The highest BCUT2D eigenvalue weighted by Crippen LogP contribution is 1.97. The van der Waals surface area contributed by atoms with Gasteiger partial charge in [-0.25, -0.2) is 0 Å². The smallest absolute Gasteiger partial charge is 0.236 e.